The molecule has 0 saturated heterocycles. The molecule has 1 atom stereocenters. The third-order valence-electron chi connectivity index (χ3n) is 4.99. The van der Waals surface area contributed by atoms with Crippen molar-refractivity contribution in [1.82, 2.24) is 20.1 Å². The number of nitrogens with zero attached hydrogens (tertiary/aromatic N) is 3. The van der Waals surface area contributed by atoms with Crippen LogP contribution in [0.3, 0.4) is 0 Å². The molecule has 1 N–H and O–H groups in total. The minimum Gasteiger partial charge on any atom is -0.497 e. The number of benzene rings is 3. The van der Waals surface area contributed by atoms with Crippen molar-refractivity contribution in [3.63, 3.8) is 0 Å². The van der Waals surface area contributed by atoms with E-state index in [1.54, 1.807) is 7.11 Å². The second kappa shape index (κ2) is 10.2. The first-order valence-electron chi connectivity index (χ1n) is 10.3. The number of rotatable bonds is 8. The van der Waals surface area contributed by atoms with E-state index in [2.05, 4.69) is 15.5 Å². The van der Waals surface area contributed by atoms with Crippen LogP contribution in [0.25, 0.3) is 17.1 Å². The van der Waals surface area contributed by atoms with Gasteiger partial charge in [-0.2, -0.15) is 0 Å². The van der Waals surface area contributed by atoms with Gasteiger partial charge < -0.3 is 10.1 Å². The van der Waals surface area contributed by atoms with Gasteiger partial charge in [0.15, 0.2) is 11.0 Å². The lowest BCUT2D eigenvalue weighted by Gasteiger charge is -2.14. The molecule has 4 aromatic rings. The van der Waals surface area contributed by atoms with Gasteiger partial charge in [-0.25, -0.2) is 0 Å². The molecule has 0 aliphatic rings. The molecule has 6 nitrogen and oxygen atoms in total. The SMILES string of the molecule is COc1cccc(-c2nnc(SCC(=O)N[C@H](C)c3ccccc3)n2-c2ccccc2)c1. The highest BCUT2D eigenvalue weighted by molar-refractivity contribution is 7.99. The molecule has 162 valence electrons. The standard InChI is InChI=1S/C25H24N4O2S/c1-18(19-10-5-3-6-11-19)26-23(30)17-32-25-28-27-24(20-12-9-15-22(16-20)31-2)29(25)21-13-7-4-8-14-21/h3-16,18H,17H2,1-2H3,(H,26,30)/t18-/m1/s1. The van der Waals surface area contributed by atoms with E-state index in [0.717, 1.165) is 22.6 Å². The van der Waals surface area contributed by atoms with E-state index in [1.807, 2.05) is 96.4 Å². The predicted molar refractivity (Wildman–Crippen MR) is 127 cm³/mol. The summed E-state index contributed by atoms with van der Waals surface area (Å²) in [6.07, 6.45) is 0. The fraction of sp³-hybridized carbons (Fsp3) is 0.160. The van der Waals surface area contributed by atoms with E-state index in [0.29, 0.717) is 11.0 Å². The summed E-state index contributed by atoms with van der Waals surface area (Å²) in [5.41, 5.74) is 2.88. The topological polar surface area (TPSA) is 69.0 Å². The first-order chi connectivity index (χ1) is 15.7. The van der Waals surface area contributed by atoms with Gasteiger partial charge in [-0.1, -0.05) is 72.4 Å². The molecule has 0 bridgehead atoms. The summed E-state index contributed by atoms with van der Waals surface area (Å²) < 4.78 is 7.33. The molecule has 0 unspecified atom stereocenters. The van der Waals surface area contributed by atoms with Gasteiger partial charge in [-0.15, -0.1) is 10.2 Å². The zero-order valence-corrected chi connectivity index (χ0v) is 18.8. The Morgan fingerprint density at radius 2 is 1.72 bits per heavy atom. The molecule has 3 aromatic carbocycles. The second-order valence-electron chi connectivity index (χ2n) is 7.20. The smallest absolute Gasteiger partial charge is 0.230 e. The monoisotopic (exact) mass is 444 g/mol. The number of ether oxygens (including phenoxy) is 1. The van der Waals surface area contributed by atoms with Crippen molar-refractivity contribution in [3.05, 3.63) is 90.5 Å². The Balaban J connectivity index is 1.56. The summed E-state index contributed by atoms with van der Waals surface area (Å²) in [5.74, 6) is 1.61. The van der Waals surface area contributed by atoms with E-state index < -0.39 is 0 Å². The van der Waals surface area contributed by atoms with Crippen LogP contribution in [0, 0.1) is 0 Å². The van der Waals surface area contributed by atoms with Gasteiger partial charge in [-0.3, -0.25) is 9.36 Å². The average molecular weight is 445 g/mol. The van der Waals surface area contributed by atoms with E-state index in [4.69, 9.17) is 4.74 Å². The second-order valence-corrected chi connectivity index (χ2v) is 8.14. The largest absolute Gasteiger partial charge is 0.497 e. The summed E-state index contributed by atoms with van der Waals surface area (Å²) in [5, 5.41) is 12.5. The van der Waals surface area contributed by atoms with Crippen molar-refractivity contribution in [3.8, 4) is 22.8 Å². The van der Waals surface area contributed by atoms with Gasteiger partial charge >= 0.3 is 0 Å². The van der Waals surface area contributed by atoms with E-state index in [1.165, 1.54) is 11.8 Å². The van der Waals surface area contributed by atoms with Crippen LogP contribution >= 0.6 is 11.8 Å². The highest BCUT2D eigenvalue weighted by atomic mass is 32.2. The van der Waals surface area contributed by atoms with Crippen molar-refractivity contribution < 1.29 is 9.53 Å². The molecule has 0 fully saturated rings. The molecule has 0 radical (unpaired) electrons. The first kappa shape index (κ1) is 21.6. The maximum absolute atomic E-state index is 12.6. The lowest BCUT2D eigenvalue weighted by molar-refractivity contribution is -0.119. The molecular formula is C25H24N4O2S. The number of methoxy groups -OCH3 is 1. The van der Waals surface area contributed by atoms with E-state index in [9.17, 15) is 4.79 Å². The maximum atomic E-state index is 12.6. The Hall–Kier alpha value is -3.58. The zero-order valence-electron chi connectivity index (χ0n) is 17.9. The minimum absolute atomic E-state index is 0.0584. The van der Waals surface area contributed by atoms with Gasteiger partial charge in [0.2, 0.25) is 5.91 Å². The van der Waals surface area contributed by atoms with Crippen molar-refractivity contribution in [2.45, 2.75) is 18.1 Å². The molecule has 4 rings (SSSR count). The van der Waals surface area contributed by atoms with Crippen LogP contribution in [0.15, 0.2) is 90.1 Å². The average Bonchev–Trinajstić information content (AvgIpc) is 3.28. The number of para-hydroxylation sites is 1. The molecule has 0 saturated carbocycles. The molecule has 1 aromatic heterocycles. The van der Waals surface area contributed by atoms with Gasteiger partial charge in [0.05, 0.1) is 18.9 Å². The molecular weight excluding hydrogens is 420 g/mol. The summed E-state index contributed by atoms with van der Waals surface area (Å²) in [7, 11) is 1.64. The summed E-state index contributed by atoms with van der Waals surface area (Å²) in [6, 6.07) is 27.4. The Morgan fingerprint density at radius 1 is 1.00 bits per heavy atom. The zero-order chi connectivity index (χ0) is 22.3. The minimum atomic E-state index is -0.0661. The Morgan fingerprint density at radius 3 is 2.44 bits per heavy atom. The van der Waals surface area contributed by atoms with E-state index in [-0.39, 0.29) is 17.7 Å². The lowest BCUT2D eigenvalue weighted by atomic mass is 10.1. The van der Waals surface area contributed by atoms with Crippen LogP contribution in [0.5, 0.6) is 5.75 Å². The number of nitrogens with one attached hydrogen (secondary N) is 1. The number of carbonyl (C=O) groups is 1. The van der Waals surface area contributed by atoms with Crippen LogP contribution in [-0.2, 0) is 4.79 Å². The normalized spacial score (nSPS) is 11.7. The van der Waals surface area contributed by atoms with Crippen molar-refractivity contribution in [1.29, 1.82) is 0 Å². The highest BCUT2D eigenvalue weighted by Crippen LogP contribution is 2.29. The number of hydrogen-bond acceptors (Lipinski definition) is 5. The summed E-state index contributed by atoms with van der Waals surface area (Å²) in [4.78, 5) is 12.6. The summed E-state index contributed by atoms with van der Waals surface area (Å²) in [6.45, 7) is 1.98. The third kappa shape index (κ3) is 5.00. The maximum Gasteiger partial charge on any atom is 0.230 e. The Kier molecular flexibility index (Phi) is 6.87. The van der Waals surface area contributed by atoms with Crippen molar-refractivity contribution in [2.24, 2.45) is 0 Å². The first-order valence-corrected chi connectivity index (χ1v) is 11.3. The highest BCUT2D eigenvalue weighted by Gasteiger charge is 2.18. The predicted octanol–water partition coefficient (Wildman–Crippen LogP) is 4.91. The molecule has 1 amide bonds. The molecule has 0 aliphatic heterocycles. The van der Waals surface area contributed by atoms with Gasteiger partial charge in [0.25, 0.3) is 0 Å². The van der Waals surface area contributed by atoms with Crippen LogP contribution in [0.1, 0.15) is 18.5 Å². The fourth-order valence-electron chi connectivity index (χ4n) is 3.36. The van der Waals surface area contributed by atoms with Crippen LogP contribution in [0.4, 0.5) is 0 Å². The van der Waals surface area contributed by atoms with E-state index >= 15 is 0 Å². The third-order valence-corrected chi connectivity index (χ3v) is 5.91. The number of amides is 1. The number of hydrogen-bond donors (Lipinski definition) is 1. The number of carbonyl (C=O) groups excluding carboxylic acids is 1. The molecule has 1 heterocycles. The van der Waals surface area contributed by atoms with Crippen LogP contribution in [-0.4, -0.2) is 33.5 Å². The van der Waals surface area contributed by atoms with Gasteiger partial charge in [-0.05, 0) is 36.8 Å². The van der Waals surface area contributed by atoms with Gasteiger partial charge in [0.1, 0.15) is 5.75 Å². The molecule has 0 aliphatic carbocycles. The fourth-order valence-corrected chi connectivity index (χ4v) is 4.12. The van der Waals surface area contributed by atoms with Crippen LogP contribution in [0.2, 0.25) is 0 Å². The Labute approximate surface area is 191 Å². The Bertz CT molecular complexity index is 1180. The van der Waals surface area contributed by atoms with Crippen molar-refractivity contribution in [2.75, 3.05) is 12.9 Å². The number of thioether (sulfide) groups is 1. The van der Waals surface area contributed by atoms with Crippen LogP contribution < -0.4 is 10.1 Å². The quantitative estimate of drug-likeness (QED) is 0.391. The number of aromatic nitrogens is 3. The summed E-state index contributed by atoms with van der Waals surface area (Å²) >= 11 is 1.36. The van der Waals surface area contributed by atoms with Gasteiger partial charge in [0, 0.05) is 11.3 Å². The molecule has 7 heteroatoms. The van der Waals surface area contributed by atoms with Crippen molar-refractivity contribution >= 4 is 17.7 Å². The molecule has 0 spiro atoms. The molecule has 32 heavy (non-hydrogen) atoms. The lowest BCUT2D eigenvalue weighted by Crippen LogP contribution is -2.28.